The Morgan fingerprint density at radius 1 is 0.929 bits per heavy atom. The molecule has 0 amide bonds. The van der Waals surface area contributed by atoms with Crippen LogP contribution in [0.1, 0.15) is 38.5 Å². The molecule has 0 bridgehead atoms. The first-order valence-corrected chi connectivity index (χ1v) is 5.29. The van der Waals surface area contributed by atoms with Crippen LogP contribution < -0.4 is 5.73 Å². The van der Waals surface area contributed by atoms with Gasteiger partial charge in [0.2, 0.25) is 0 Å². The Kier molecular flexibility index (Phi) is 11.0. The summed E-state index contributed by atoms with van der Waals surface area (Å²) >= 11 is 0. The summed E-state index contributed by atoms with van der Waals surface area (Å²) in [5.74, 6) is 0. The molecule has 0 radical (unpaired) electrons. The second kappa shape index (κ2) is 11.9. The highest BCUT2D eigenvalue weighted by Gasteiger charge is 1.80. The molecule has 0 atom stereocenters. The highest BCUT2D eigenvalue weighted by Crippen LogP contribution is 1.97. The second-order valence-corrected chi connectivity index (χ2v) is 3.15. The summed E-state index contributed by atoms with van der Waals surface area (Å²) in [6.07, 6.45) is 14.5. The molecule has 0 aromatic carbocycles. The van der Waals surface area contributed by atoms with Gasteiger partial charge in [0.25, 0.3) is 0 Å². The normalized spacial score (nSPS) is 11.1. The molecule has 0 saturated carbocycles. The highest BCUT2D eigenvalue weighted by atomic mass is 14.5. The van der Waals surface area contributed by atoms with Gasteiger partial charge in [-0.15, -0.1) is 0 Å². The molecule has 0 aliphatic carbocycles. The summed E-state index contributed by atoms with van der Waals surface area (Å²) in [5.41, 5.74) is 5.37. The van der Waals surface area contributed by atoms with Crippen LogP contribution in [0.2, 0.25) is 0 Å². The molecule has 0 rings (SSSR count). The molecule has 2 N–H and O–H groups in total. The van der Waals surface area contributed by atoms with Crippen LogP contribution in [0.4, 0.5) is 0 Å². The van der Waals surface area contributed by atoms with Gasteiger partial charge in [-0.3, -0.25) is 0 Å². The maximum Gasteiger partial charge on any atom is 0.0624 e. The summed E-state index contributed by atoms with van der Waals surface area (Å²) in [7, 11) is 0. The van der Waals surface area contributed by atoms with E-state index < -0.39 is 0 Å². The van der Waals surface area contributed by atoms with Crippen molar-refractivity contribution in [2.45, 2.75) is 38.5 Å². The third kappa shape index (κ3) is 10.9. The van der Waals surface area contributed by atoms with E-state index in [9.17, 15) is 0 Å². The standard InChI is InChI=1S/C12H20N2/c13-11-9-7-5-3-1-2-4-6-8-10-12-14/h3-6H,1-2,7-11,13H2. The molecule has 0 saturated heterocycles. The van der Waals surface area contributed by atoms with E-state index in [1.807, 2.05) is 0 Å². The van der Waals surface area contributed by atoms with Gasteiger partial charge in [0.15, 0.2) is 0 Å². The minimum Gasteiger partial charge on any atom is -0.330 e. The minimum atomic E-state index is 0.628. The van der Waals surface area contributed by atoms with Crippen LogP contribution in [-0.2, 0) is 0 Å². The first-order valence-electron chi connectivity index (χ1n) is 5.29. The van der Waals surface area contributed by atoms with E-state index in [0.29, 0.717) is 6.42 Å². The maximum atomic E-state index is 8.28. The number of nitrogens with two attached hydrogens (primary N) is 1. The Morgan fingerprint density at radius 3 is 2.07 bits per heavy atom. The fraction of sp³-hybridized carbons (Fsp3) is 0.583. The Bertz CT molecular complexity index is 199. The van der Waals surface area contributed by atoms with Crippen LogP contribution in [0.25, 0.3) is 0 Å². The molecule has 0 heterocycles. The molecule has 2 heteroatoms. The third-order valence-corrected chi connectivity index (χ3v) is 1.83. The van der Waals surface area contributed by atoms with E-state index in [-0.39, 0.29) is 0 Å². The predicted molar refractivity (Wildman–Crippen MR) is 60.6 cm³/mol. The molecule has 2 nitrogen and oxygen atoms in total. The van der Waals surface area contributed by atoms with E-state index in [1.165, 1.54) is 0 Å². The van der Waals surface area contributed by atoms with Crippen molar-refractivity contribution in [2.75, 3.05) is 6.54 Å². The van der Waals surface area contributed by atoms with Crippen molar-refractivity contribution in [2.24, 2.45) is 5.73 Å². The van der Waals surface area contributed by atoms with Crippen molar-refractivity contribution in [3.8, 4) is 6.07 Å². The average molecular weight is 192 g/mol. The highest BCUT2D eigenvalue weighted by molar-refractivity contribution is 4.89. The van der Waals surface area contributed by atoms with Crippen molar-refractivity contribution < 1.29 is 0 Å². The monoisotopic (exact) mass is 192 g/mol. The quantitative estimate of drug-likeness (QED) is 0.475. The molecular weight excluding hydrogens is 172 g/mol. The topological polar surface area (TPSA) is 49.8 Å². The summed E-state index contributed by atoms with van der Waals surface area (Å²) < 4.78 is 0. The van der Waals surface area contributed by atoms with Gasteiger partial charge in [-0.05, 0) is 38.6 Å². The molecule has 0 aromatic rings. The van der Waals surface area contributed by atoms with Gasteiger partial charge in [-0.25, -0.2) is 0 Å². The first-order chi connectivity index (χ1) is 6.91. The molecule has 0 spiro atoms. The van der Waals surface area contributed by atoms with Crippen molar-refractivity contribution >= 4 is 0 Å². The maximum absolute atomic E-state index is 8.28. The predicted octanol–water partition coefficient (Wildman–Crippen LogP) is 2.92. The van der Waals surface area contributed by atoms with Gasteiger partial charge in [-0.2, -0.15) is 5.26 Å². The number of allylic oxidation sites excluding steroid dienone is 4. The number of nitrogens with zero attached hydrogens (tertiary/aromatic N) is 1. The molecule has 0 aromatic heterocycles. The molecule has 0 aliphatic heterocycles. The summed E-state index contributed by atoms with van der Waals surface area (Å²) in [5, 5.41) is 8.28. The number of nitriles is 1. The Labute approximate surface area is 87.1 Å². The second-order valence-electron chi connectivity index (χ2n) is 3.15. The number of hydrogen-bond donors (Lipinski definition) is 1. The molecule has 14 heavy (non-hydrogen) atoms. The number of hydrogen-bond acceptors (Lipinski definition) is 2. The van der Waals surface area contributed by atoms with Crippen LogP contribution >= 0.6 is 0 Å². The van der Waals surface area contributed by atoms with Crippen LogP contribution in [0.15, 0.2) is 24.3 Å². The lowest BCUT2D eigenvalue weighted by Gasteiger charge is -1.89. The van der Waals surface area contributed by atoms with Gasteiger partial charge in [0.05, 0.1) is 6.07 Å². The van der Waals surface area contributed by atoms with Crippen molar-refractivity contribution in [1.82, 2.24) is 0 Å². The van der Waals surface area contributed by atoms with Crippen LogP contribution in [0.5, 0.6) is 0 Å². The summed E-state index contributed by atoms with van der Waals surface area (Å²) in [6.45, 7) is 0.776. The smallest absolute Gasteiger partial charge is 0.0624 e. The van der Waals surface area contributed by atoms with Crippen LogP contribution in [0.3, 0.4) is 0 Å². The molecular formula is C12H20N2. The van der Waals surface area contributed by atoms with E-state index in [0.717, 1.165) is 38.6 Å². The summed E-state index contributed by atoms with van der Waals surface area (Å²) in [6, 6.07) is 2.12. The minimum absolute atomic E-state index is 0.628. The summed E-state index contributed by atoms with van der Waals surface area (Å²) in [4.78, 5) is 0. The Balaban J connectivity index is 3.16. The number of rotatable bonds is 8. The first kappa shape index (κ1) is 12.9. The molecule has 0 aliphatic rings. The average Bonchev–Trinajstić information content (AvgIpc) is 2.21. The largest absolute Gasteiger partial charge is 0.330 e. The SMILES string of the molecule is N#CCCC=CCCC=CCCCN. The van der Waals surface area contributed by atoms with Gasteiger partial charge < -0.3 is 5.73 Å². The fourth-order valence-corrected chi connectivity index (χ4v) is 1.05. The zero-order valence-corrected chi connectivity index (χ0v) is 8.78. The van der Waals surface area contributed by atoms with Crippen molar-refractivity contribution in [3.05, 3.63) is 24.3 Å². The van der Waals surface area contributed by atoms with Crippen LogP contribution in [0, 0.1) is 11.3 Å². The lowest BCUT2D eigenvalue weighted by atomic mass is 10.2. The van der Waals surface area contributed by atoms with E-state index in [1.54, 1.807) is 0 Å². The van der Waals surface area contributed by atoms with Crippen molar-refractivity contribution in [3.63, 3.8) is 0 Å². The van der Waals surface area contributed by atoms with Gasteiger partial charge >= 0.3 is 0 Å². The zero-order chi connectivity index (χ0) is 10.5. The van der Waals surface area contributed by atoms with Gasteiger partial charge in [-0.1, -0.05) is 24.3 Å². The van der Waals surface area contributed by atoms with E-state index in [2.05, 4.69) is 30.4 Å². The van der Waals surface area contributed by atoms with Crippen molar-refractivity contribution in [1.29, 1.82) is 5.26 Å². The lowest BCUT2D eigenvalue weighted by Crippen LogP contribution is -1.96. The molecule has 78 valence electrons. The van der Waals surface area contributed by atoms with Gasteiger partial charge in [0.1, 0.15) is 0 Å². The molecule has 0 unspecified atom stereocenters. The lowest BCUT2D eigenvalue weighted by molar-refractivity contribution is 0.850. The van der Waals surface area contributed by atoms with E-state index in [4.69, 9.17) is 11.0 Å². The van der Waals surface area contributed by atoms with Crippen LogP contribution in [-0.4, -0.2) is 6.54 Å². The fourth-order valence-electron chi connectivity index (χ4n) is 1.05. The third-order valence-electron chi connectivity index (χ3n) is 1.83. The zero-order valence-electron chi connectivity index (χ0n) is 8.78. The van der Waals surface area contributed by atoms with Gasteiger partial charge in [0, 0.05) is 6.42 Å². The number of unbranched alkanes of at least 4 members (excludes halogenated alkanes) is 3. The Morgan fingerprint density at radius 2 is 1.50 bits per heavy atom. The van der Waals surface area contributed by atoms with E-state index >= 15 is 0 Å². The Hall–Kier alpha value is -1.07. The molecule has 0 fully saturated rings.